The standard InChI is InChI=1S/C16H17NOS/c1-12-8-6-7-11-15(12)17-16(18)13(2)19-14-9-4-3-5-10-14/h3-11,13H,1-2H3,(H,17,18). The van der Waals surface area contributed by atoms with Gasteiger partial charge in [0.1, 0.15) is 0 Å². The number of hydrogen-bond donors (Lipinski definition) is 1. The third-order valence-corrected chi connectivity index (χ3v) is 3.94. The number of amides is 1. The van der Waals surface area contributed by atoms with Crippen molar-refractivity contribution in [2.24, 2.45) is 0 Å². The first-order valence-electron chi connectivity index (χ1n) is 6.25. The number of aryl methyl sites for hydroxylation is 1. The lowest BCUT2D eigenvalue weighted by Gasteiger charge is -2.13. The van der Waals surface area contributed by atoms with E-state index in [1.54, 1.807) is 11.8 Å². The predicted octanol–water partition coefficient (Wildman–Crippen LogP) is 4.11. The predicted molar refractivity (Wildman–Crippen MR) is 81.6 cm³/mol. The fourth-order valence-corrected chi connectivity index (χ4v) is 2.59. The molecule has 1 atom stereocenters. The van der Waals surface area contributed by atoms with Gasteiger partial charge in [0.2, 0.25) is 5.91 Å². The smallest absolute Gasteiger partial charge is 0.237 e. The Labute approximate surface area is 118 Å². The Morgan fingerprint density at radius 2 is 1.68 bits per heavy atom. The minimum absolute atomic E-state index is 0.0307. The molecule has 0 aliphatic rings. The van der Waals surface area contributed by atoms with E-state index in [9.17, 15) is 4.79 Å². The van der Waals surface area contributed by atoms with Crippen LogP contribution < -0.4 is 5.32 Å². The van der Waals surface area contributed by atoms with Crippen LogP contribution in [0.1, 0.15) is 12.5 Å². The van der Waals surface area contributed by atoms with Gasteiger partial charge in [0.25, 0.3) is 0 Å². The fourth-order valence-electron chi connectivity index (χ4n) is 1.70. The number of thioether (sulfide) groups is 1. The van der Waals surface area contributed by atoms with E-state index in [4.69, 9.17) is 0 Å². The zero-order valence-corrected chi connectivity index (χ0v) is 11.9. The minimum atomic E-state index is -0.123. The molecule has 98 valence electrons. The summed E-state index contributed by atoms with van der Waals surface area (Å²) in [5, 5.41) is 2.85. The molecule has 2 rings (SSSR count). The van der Waals surface area contributed by atoms with Gasteiger partial charge in [-0.05, 0) is 37.6 Å². The molecule has 0 fully saturated rings. The van der Waals surface area contributed by atoms with Crippen LogP contribution in [0.15, 0.2) is 59.5 Å². The van der Waals surface area contributed by atoms with Crippen molar-refractivity contribution in [3.05, 3.63) is 60.2 Å². The molecular formula is C16H17NOS. The quantitative estimate of drug-likeness (QED) is 0.848. The van der Waals surface area contributed by atoms with Crippen LogP contribution >= 0.6 is 11.8 Å². The molecule has 2 aromatic rings. The largest absolute Gasteiger partial charge is 0.325 e. The Hall–Kier alpha value is -1.74. The Morgan fingerprint density at radius 1 is 1.05 bits per heavy atom. The number of anilines is 1. The van der Waals surface area contributed by atoms with Crippen molar-refractivity contribution in [3.63, 3.8) is 0 Å². The first kappa shape index (κ1) is 13.7. The SMILES string of the molecule is Cc1ccccc1NC(=O)C(C)Sc1ccccc1. The molecular weight excluding hydrogens is 254 g/mol. The van der Waals surface area contributed by atoms with Crippen LogP contribution in [0.4, 0.5) is 5.69 Å². The second-order valence-electron chi connectivity index (χ2n) is 4.38. The number of nitrogens with one attached hydrogen (secondary N) is 1. The van der Waals surface area contributed by atoms with Gasteiger partial charge in [0.15, 0.2) is 0 Å². The van der Waals surface area contributed by atoms with Crippen LogP contribution in [-0.2, 0) is 4.79 Å². The van der Waals surface area contributed by atoms with Crippen molar-refractivity contribution in [3.8, 4) is 0 Å². The van der Waals surface area contributed by atoms with E-state index in [1.807, 2.05) is 68.4 Å². The number of carbonyl (C=O) groups excluding carboxylic acids is 1. The second kappa shape index (κ2) is 6.43. The molecule has 0 saturated heterocycles. The molecule has 0 radical (unpaired) electrons. The topological polar surface area (TPSA) is 29.1 Å². The van der Waals surface area contributed by atoms with E-state index < -0.39 is 0 Å². The van der Waals surface area contributed by atoms with E-state index in [2.05, 4.69) is 5.32 Å². The molecule has 2 aromatic carbocycles. The molecule has 3 heteroatoms. The van der Waals surface area contributed by atoms with Crippen LogP contribution in [0.25, 0.3) is 0 Å². The summed E-state index contributed by atoms with van der Waals surface area (Å²) >= 11 is 1.56. The number of hydrogen-bond acceptors (Lipinski definition) is 2. The van der Waals surface area contributed by atoms with Gasteiger partial charge in [-0.2, -0.15) is 0 Å². The van der Waals surface area contributed by atoms with Crippen LogP contribution in [0.3, 0.4) is 0 Å². The molecule has 1 unspecified atom stereocenters. The van der Waals surface area contributed by atoms with Crippen molar-refractivity contribution in [2.45, 2.75) is 24.0 Å². The minimum Gasteiger partial charge on any atom is -0.325 e. The zero-order valence-electron chi connectivity index (χ0n) is 11.1. The van der Waals surface area contributed by atoms with E-state index >= 15 is 0 Å². The summed E-state index contributed by atoms with van der Waals surface area (Å²) in [6.45, 7) is 3.91. The summed E-state index contributed by atoms with van der Waals surface area (Å²) in [5.74, 6) is 0.0307. The molecule has 0 spiro atoms. The highest BCUT2D eigenvalue weighted by molar-refractivity contribution is 8.00. The maximum atomic E-state index is 12.1. The highest BCUT2D eigenvalue weighted by Gasteiger charge is 2.14. The lowest BCUT2D eigenvalue weighted by Crippen LogP contribution is -2.22. The Kier molecular flexibility index (Phi) is 4.63. The Morgan fingerprint density at radius 3 is 2.37 bits per heavy atom. The van der Waals surface area contributed by atoms with Crippen LogP contribution in [0.2, 0.25) is 0 Å². The lowest BCUT2D eigenvalue weighted by molar-refractivity contribution is -0.115. The van der Waals surface area contributed by atoms with Crippen molar-refractivity contribution < 1.29 is 4.79 Å². The molecule has 0 bridgehead atoms. The van der Waals surface area contributed by atoms with Crippen LogP contribution in [0.5, 0.6) is 0 Å². The van der Waals surface area contributed by atoms with Gasteiger partial charge in [-0.25, -0.2) is 0 Å². The second-order valence-corrected chi connectivity index (χ2v) is 5.79. The number of carbonyl (C=O) groups is 1. The van der Waals surface area contributed by atoms with E-state index in [0.29, 0.717) is 0 Å². The molecule has 0 aromatic heterocycles. The summed E-state index contributed by atoms with van der Waals surface area (Å²) in [5.41, 5.74) is 1.96. The van der Waals surface area contributed by atoms with E-state index in [-0.39, 0.29) is 11.2 Å². The number of rotatable bonds is 4. The Balaban J connectivity index is 1.99. The fraction of sp³-hybridized carbons (Fsp3) is 0.188. The highest BCUT2D eigenvalue weighted by Crippen LogP contribution is 2.24. The average molecular weight is 271 g/mol. The summed E-state index contributed by atoms with van der Waals surface area (Å²) in [4.78, 5) is 13.2. The molecule has 0 aliphatic heterocycles. The lowest BCUT2D eigenvalue weighted by atomic mass is 10.2. The van der Waals surface area contributed by atoms with E-state index in [0.717, 1.165) is 16.1 Å². The number of para-hydroxylation sites is 1. The summed E-state index contributed by atoms with van der Waals surface area (Å²) in [7, 11) is 0. The Bertz CT molecular complexity index is 554. The first-order chi connectivity index (χ1) is 9.16. The van der Waals surface area contributed by atoms with Crippen molar-refractivity contribution in [1.82, 2.24) is 0 Å². The zero-order chi connectivity index (χ0) is 13.7. The summed E-state index contributed by atoms with van der Waals surface area (Å²) < 4.78 is 0. The third kappa shape index (κ3) is 3.86. The van der Waals surface area contributed by atoms with Crippen molar-refractivity contribution in [2.75, 3.05) is 5.32 Å². The maximum absolute atomic E-state index is 12.1. The molecule has 19 heavy (non-hydrogen) atoms. The number of benzene rings is 2. The van der Waals surface area contributed by atoms with Crippen LogP contribution in [-0.4, -0.2) is 11.2 Å². The summed E-state index contributed by atoms with van der Waals surface area (Å²) in [6, 6.07) is 17.8. The normalized spacial score (nSPS) is 11.9. The molecule has 1 amide bonds. The average Bonchev–Trinajstić information content (AvgIpc) is 2.42. The van der Waals surface area contributed by atoms with Gasteiger partial charge in [0.05, 0.1) is 5.25 Å². The molecule has 0 aliphatic carbocycles. The van der Waals surface area contributed by atoms with Crippen molar-refractivity contribution >= 4 is 23.4 Å². The molecule has 0 saturated carbocycles. The highest BCUT2D eigenvalue weighted by atomic mass is 32.2. The van der Waals surface area contributed by atoms with Gasteiger partial charge < -0.3 is 5.32 Å². The third-order valence-electron chi connectivity index (χ3n) is 2.83. The first-order valence-corrected chi connectivity index (χ1v) is 7.13. The van der Waals surface area contributed by atoms with Gasteiger partial charge in [-0.3, -0.25) is 4.79 Å². The summed E-state index contributed by atoms with van der Waals surface area (Å²) in [6.07, 6.45) is 0. The van der Waals surface area contributed by atoms with Gasteiger partial charge in [-0.15, -0.1) is 11.8 Å². The molecule has 2 nitrogen and oxygen atoms in total. The van der Waals surface area contributed by atoms with Gasteiger partial charge in [0, 0.05) is 10.6 Å². The van der Waals surface area contributed by atoms with Crippen molar-refractivity contribution in [1.29, 1.82) is 0 Å². The van der Waals surface area contributed by atoms with Gasteiger partial charge in [-0.1, -0.05) is 36.4 Å². The van der Waals surface area contributed by atoms with Gasteiger partial charge >= 0.3 is 0 Å². The molecule has 0 heterocycles. The van der Waals surface area contributed by atoms with E-state index in [1.165, 1.54) is 0 Å². The van der Waals surface area contributed by atoms with Crippen LogP contribution in [0, 0.1) is 6.92 Å². The maximum Gasteiger partial charge on any atom is 0.237 e. The molecule has 1 N–H and O–H groups in total. The monoisotopic (exact) mass is 271 g/mol.